The first-order valence-corrected chi connectivity index (χ1v) is 12.4. The molecule has 0 bridgehead atoms. The number of morpholine rings is 1. The molecule has 0 spiro atoms. The Hall–Kier alpha value is -2.38. The fourth-order valence-electron chi connectivity index (χ4n) is 4.60. The predicted octanol–water partition coefficient (Wildman–Crippen LogP) is 5.61. The van der Waals surface area contributed by atoms with Crippen molar-refractivity contribution in [2.24, 2.45) is 0 Å². The number of benzene rings is 1. The number of ether oxygens (including phenoxy) is 1. The van der Waals surface area contributed by atoms with Gasteiger partial charge < -0.3 is 14.5 Å². The van der Waals surface area contributed by atoms with E-state index in [1.807, 2.05) is 35.4 Å². The number of fused-ring (bicyclic) bond motifs is 1. The number of halogens is 2. The Bertz CT molecular complexity index is 1210. The molecule has 0 saturated carbocycles. The van der Waals surface area contributed by atoms with E-state index < -0.39 is 0 Å². The van der Waals surface area contributed by atoms with E-state index >= 15 is 0 Å². The number of pyridine rings is 1. The van der Waals surface area contributed by atoms with Gasteiger partial charge in [0.25, 0.3) is 0 Å². The standard InChI is InChI=1S/C25H23Cl2N3O2S/c1-2-24(31)30-14-20(19-12-23(27)33-22(19)15-30)18-6-4-3-5-17(18)16-11-21(26)25(28-13-16)29-7-9-32-10-8-29/h2-6,11-13,20H,1,7-10,14-15H2/t20-/m0/s1. The minimum absolute atomic E-state index is 0.00436. The Balaban J connectivity index is 1.55. The maximum atomic E-state index is 12.5. The zero-order valence-corrected chi connectivity index (χ0v) is 20.3. The van der Waals surface area contributed by atoms with Gasteiger partial charge >= 0.3 is 0 Å². The van der Waals surface area contributed by atoms with Gasteiger partial charge in [-0.3, -0.25) is 4.79 Å². The van der Waals surface area contributed by atoms with Crippen molar-refractivity contribution in [1.82, 2.24) is 9.88 Å². The molecule has 1 atom stereocenters. The van der Waals surface area contributed by atoms with E-state index in [4.69, 9.17) is 32.9 Å². The Morgan fingerprint density at radius 2 is 1.97 bits per heavy atom. The van der Waals surface area contributed by atoms with Crippen LogP contribution in [0.15, 0.2) is 55.3 Å². The summed E-state index contributed by atoms with van der Waals surface area (Å²) in [6, 6.07) is 12.2. The molecule has 2 aliphatic rings. The van der Waals surface area contributed by atoms with Gasteiger partial charge in [0.05, 0.1) is 29.1 Å². The molecule has 8 heteroatoms. The van der Waals surface area contributed by atoms with Gasteiger partial charge in [0.2, 0.25) is 5.91 Å². The van der Waals surface area contributed by atoms with Crippen LogP contribution in [-0.4, -0.2) is 48.6 Å². The van der Waals surface area contributed by atoms with Gasteiger partial charge in [0.15, 0.2) is 0 Å². The second kappa shape index (κ2) is 9.47. The number of amides is 1. The summed E-state index contributed by atoms with van der Waals surface area (Å²) in [7, 11) is 0. The summed E-state index contributed by atoms with van der Waals surface area (Å²) in [5.41, 5.74) is 4.29. The molecule has 3 aromatic rings. The molecule has 4 heterocycles. The second-order valence-electron chi connectivity index (χ2n) is 8.12. The molecule has 0 aliphatic carbocycles. The Morgan fingerprint density at radius 3 is 2.73 bits per heavy atom. The average molecular weight is 500 g/mol. The number of aromatic nitrogens is 1. The summed E-state index contributed by atoms with van der Waals surface area (Å²) in [6.45, 7) is 7.69. The molecule has 0 unspecified atom stereocenters. The molecular formula is C25H23Cl2N3O2S. The smallest absolute Gasteiger partial charge is 0.246 e. The zero-order chi connectivity index (χ0) is 22.9. The van der Waals surface area contributed by atoms with E-state index in [9.17, 15) is 4.79 Å². The summed E-state index contributed by atoms with van der Waals surface area (Å²) in [4.78, 5) is 22.3. The lowest BCUT2D eigenvalue weighted by molar-refractivity contribution is -0.127. The van der Waals surface area contributed by atoms with E-state index in [-0.39, 0.29) is 11.8 Å². The Kier molecular flexibility index (Phi) is 6.43. The van der Waals surface area contributed by atoms with Crippen molar-refractivity contribution in [3.63, 3.8) is 0 Å². The number of carbonyl (C=O) groups is 1. The fourth-order valence-corrected chi connectivity index (χ4v) is 6.24. The van der Waals surface area contributed by atoms with E-state index in [0.29, 0.717) is 31.3 Å². The largest absolute Gasteiger partial charge is 0.378 e. The third kappa shape index (κ3) is 4.41. The molecule has 1 amide bonds. The minimum atomic E-state index is -0.0766. The molecule has 2 aromatic heterocycles. The topological polar surface area (TPSA) is 45.7 Å². The van der Waals surface area contributed by atoms with Crippen molar-refractivity contribution in [3.05, 3.63) is 80.6 Å². The Morgan fingerprint density at radius 1 is 1.18 bits per heavy atom. The molecule has 0 radical (unpaired) electrons. The molecule has 5 rings (SSSR count). The van der Waals surface area contributed by atoms with Crippen molar-refractivity contribution >= 4 is 46.3 Å². The van der Waals surface area contributed by atoms with E-state index in [0.717, 1.165) is 44.8 Å². The summed E-state index contributed by atoms with van der Waals surface area (Å²) >= 11 is 14.6. The second-order valence-corrected chi connectivity index (χ2v) is 10.3. The van der Waals surface area contributed by atoms with Crippen molar-refractivity contribution in [2.75, 3.05) is 37.7 Å². The van der Waals surface area contributed by atoms with Gasteiger partial charge in [-0.1, -0.05) is 54.0 Å². The van der Waals surface area contributed by atoms with Gasteiger partial charge in [-0.2, -0.15) is 0 Å². The lowest BCUT2D eigenvalue weighted by atomic mass is 9.84. The third-order valence-electron chi connectivity index (χ3n) is 6.19. The summed E-state index contributed by atoms with van der Waals surface area (Å²) in [5.74, 6) is 0.705. The number of anilines is 1. The highest BCUT2D eigenvalue weighted by Crippen LogP contribution is 2.43. The van der Waals surface area contributed by atoms with Crippen LogP contribution in [0.5, 0.6) is 0 Å². The molecule has 33 heavy (non-hydrogen) atoms. The molecule has 2 aliphatic heterocycles. The fraction of sp³-hybridized carbons (Fsp3) is 0.280. The van der Waals surface area contributed by atoms with Gasteiger partial charge in [0, 0.05) is 42.2 Å². The van der Waals surface area contributed by atoms with Crippen LogP contribution in [0.25, 0.3) is 11.1 Å². The van der Waals surface area contributed by atoms with Crippen LogP contribution in [-0.2, 0) is 16.1 Å². The SMILES string of the molecule is C=CC(=O)N1Cc2sc(Cl)cc2[C@H](c2ccccc2-c2cnc(N3CCOCC3)c(Cl)c2)C1. The van der Waals surface area contributed by atoms with Crippen molar-refractivity contribution < 1.29 is 9.53 Å². The number of hydrogen-bond acceptors (Lipinski definition) is 5. The van der Waals surface area contributed by atoms with E-state index in [1.165, 1.54) is 23.0 Å². The zero-order valence-electron chi connectivity index (χ0n) is 18.0. The molecular weight excluding hydrogens is 477 g/mol. The van der Waals surface area contributed by atoms with Gasteiger partial charge in [-0.25, -0.2) is 4.98 Å². The highest BCUT2D eigenvalue weighted by atomic mass is 35.5. The predicted molar refractivity (Wildman–Crippen MR) is 135 cm³/mol. The maximum absolute atomic E-state index is 12.5. The first-order chi connectivity index (χ1) is 16.0. The van der Waals surface area contributed by atoms with Gasteiger partial charge in [-0.15, -0.1) is 11.3 Å². The first kappa shape index (κ1) is 22.4. The average Bonchev–Trinajstić information content (AvgIpc) is 3.23. The highest BCUT2D eigenvalue weighted by Gasteiger charge is 2.32. The van der Waals surface area contributed by atoms with Crippen molar-refractivity contribution in [2.45, 2.75) is 12.5 Å². The van der Waals surface area contributed by atoms with E-state index in [2.05, 4.69) is 23.6 Å². The molecule has 5 nitrogen and oxygen atoms in total. The summed E-state index contributed by atoms with van der Waals surface area (Å²) in [6.07, 6.45) is 3.25. The third-order valence-corrected chi connectivity index (χ3v) is 7.73. The van der Waals surface area contributed by atoms with Crippen LogP contribution < -0.4 is 4.90 Å². The molecule has 1 fully saturated rings. The number of hydrogen-bond donors (Lipinski definition) is 0. The maximum Gasteiger partial charge on any atom is 0.246 e. The van der Waals surface area contributed by atoms with Crippen LogP contribution in [0.3, 0.4) is 0 Å². The quantitative estimate of drug-likeness (QED) is 0.437. The normalized spacial score (nSPS) is 18.2. The number of thiophene rings is 1. The molecule has 1 aromatic carbocycles. The monoisotopic (exact) mass is 499 g/mol. The van der Waals surface area contributed by atoms with Crippen molar-refractivity contribution in [3.8, 4) is 11.1 Å². The summed E-state index contributed by atoms with van der Waals surface area (Å²) in [5, 5.41) is 0.621. The minimum Gasteiger partial charge on any atom is -0.378 e. The number of rotatable bonds is 4. The summed E-state index contributed by atoms with van der Waals surface area (Å²) < 4.78 is 6.18. The van der Waals surface area contributed by atoms with Crippen LogP contribution in [0, 0.1) is 0 Å². The molecule has 0 N–H and O–H groups in total. The van der Waals surface area contributed by atoms with Crippen molar-refractivity contribution in [1.29, 1.82) is 0 Å². The van der Waals surface area contributed by atoms with Crippen LogP contribution >= 0.6 is 34.5 Å². The van der Waals surface area contributed by atoms with Gasteiger partial charge in [0.1, 0.15) is 5.82 Å². The number of nitrogens with zero attached hydrogens (tertiary/aromatic N) is 3. The first-order valence-electron chi connectivity index (χ1n) is 10.8. The van der Waals surface area contributed by atoms with Crippen LogP contribution in [0.2, 0.25) is 9.36 Å². The molecule has 170 valence electrons. The lowest BCUT2D eigenvalue weighted by Gasteiger charge is -2.33. The lowest BCUT2D eigenvalue weighted by Crippen LogP contribution is -2.37. The Labute approximate surface area is 207 Å². The van der Waals surface area contributed by atoms with Gasteiger partial charge in [-0.05, 0) is 34.9 Å². The van der Waals surface area contributed by atoms with Crippen LogP contribution in [0.1, 0.15) is 21.9 Å². The number of carbonyl (C=O) groups excluding carboxylic acids is 1. The molecule has 1 saturated heterocycles. The van der Waals surface area contributed by atoms with E-state index in [1.54, 1.807) is 0 Å². The van der Waals surface area contributed by atoms with Crippen LogP contribution in [0.4, 0.5) is 5.82 Å². The highest BCUT2D eigenvalue weighted by molar-refractivity contribution is 7.16.